The molecule has 0 bridgehead atoms. The van der Waals surface area contributed by atoms with Crippen LogP contribution in [0.15, 0.2) is 30.5 Å². The third-order valence-corrected chi connectivity index (χ3v) is 4.14. The molecule has 1 fully saturated rings. The molecule has 2 aromatic rings. The van der Waals surface area contributed by atoms with E-state index in [0.29, 0.717) is 17.7 Å². The molecule has 2 N–H and O–H groups in total. The second-order valence-electron chi connectivity index (χ2n) is 6.03. The van der Waals surface area contributed by atoms with Gasteiger partial charge in [-0.25, -0.2) is 9.07 Å². The molecule has 126 valence electrons. The number of hydrogen-bond donors (Lipinski definition) is 2. The van der Waals surface area contributed by atoms with E-state index >= 15 is 0 Å². The van der Waals surface area contributed by atoms with Crippen molar-refractivity contribution in [2.45, 2.75) is 32.4 Å². The topological polar surface area (TPSA) is 97.1 Å². The fourth-order valence-corrected chi connectivity index (χ4v) is 2.64. The van der Waals surface area contributed by atoms with Gasteiger partial charge in [-0.1, -0.05) is 23.4 Å². The van der Waals surface area contributed by atoms with E-state index in [2.05, 4.69) is 15.6 Å². The SMILES string of the molecule is O=C(O)Cn1cc(CNC(=O)C2(Cc3ccccc3F)CC2)nn1. The zero-order valence-electron chi connectivity index (χ0n) is 12.9. The predicted molar refractivity (Wildman–Crippen MR) is 81.3 cm³/mol. The Balaban J connectivity index is 1.58. The Hall–Kier alpha value is -2.77. The Morgan fingerprint density at radius 2 is 2.08 bits per heavy atom. The lowest BCUT2D eigenvalue weighted by Crippen LogP contribution is -2.33. The van der Waals surface area contributed by atoms with Gasteiger partial charge in [0, 0.05) is 0 Å². The van der Waals surface area contributed by atoms with Crippen LogP contribution in [0.4, 0.5) is 4.39 Å². The van der Waals surface area contributed by atoms with E-state index in [4.69, 9.17) is 5.11 Å². The quantitative estimate of drug-likeness (QED) is 0.792. The number of halogens is 1. The summed E-state index contributed by atoms with van der Waals surface area (Å²) in [6.07, 6.45) is 3.29. The predicted octanol–water partition coefficient (Wildman–Crippen LogP) is 1.14. The summed E-state index contributed by atoms with van der Waals surface area (Å²) in [6.45, 7) is -0.115. The molecule has 1 amide bonds. The highest BCUT2D eigenvalue weighted by Crippen LogP contribution is 2.48. The van der Waals surface area contributed by atoms with Crippen LogP contribution < -0.4 is 5.32 Å². The third-order valence-electron chi connectivity index (χ3n) is 4.14. The van der Waals surface area contributed by atoms with Crippen molar-refractivity contribution in [3.05, 3.63) is 47.5 Å². The van der Waals surface area contributed by atoms with Gasteiger partial charge in [0.2, 0.25) is 5.91 Å². The molecule has 0 saturated heterocycles. The van der Waals surface area contributed by atoms with E-state index in [1.165, 1.54) is 16.9 Å². The second-order valence-corrected chi connectivity index (χ2v) is 6.03. The first-order chi connectivity index (χ1) is 11.5. The Labute approximate surface area is 137 Å². The van der Waals surface area contributed by atoms with Gasteiger partial charge >= 0.3 is 5.97 Å². The molecule has 1 aliphatic rings. The number of amides is 1. The van der Waals surface area contributed by atoms with Gasteiger partial charge in [-0.3, -0.25) is 9.59 Å². The first-order valence-corrected chi connectivity index (χ1v) is 7.61. The number of carbonyl (C=O) groups is 2. The third kappa shape index (κ3) is 3.58. The van der Waals surface area contributed by atoms with E-state index in [-0.39, 0.29) is 24.8 Å². The number of nitrogens with zero attached hydrogens (tertiary/aromatic N) is 3. The molecule has 1 heterocycles. The van der Waals surface area contributed by atoms with Crippen LogP contribution in [-0.2, 0) is 29.1 Å². The molecule has 1 saturated carbocycles. The van der Waals surface area contributed by atoms with Crippen LogP contribution in [0.1, 0.15) is 24.1 Å². The lowest BCUT2D eigenvalue weighted by Gasteiger charge is -2.15. The highest BCUT2D eigenvalue weighted by molar-refractivity contribution is 5.85. The maximum atomic E-state index is 13.8. The number of aliphatic carboxylic acids is 1. The molecule has 0 unspecified atom stereocenters. The van der Waals surface area contributed by atoms with Crippen molar-refractivity contribution in [2.24, 2.45) is 5.41 Å². The standard InChI is InChI=1S/C16H17FN4O3/c17-13-4-2-1-3-11(13)7-16(5-6-16)15(24)18-8-12-9-21(20-19-12)10-14(22)23/h1-4,9H,5-8,10H2,(H,18,24)(H,22,23). The van der Waals surface area contributed by atoms with Crippen molar-refractivity contribution in [3.8, 4) is 0 Å². The van der Waals surface area contributed by atoms with E-state index in [1.54, 1.807) is 18.2 Å². The molecule has 0 aliphatic heterocycles. The summed E-state index contributed by atoms with van der Waals surface area (Å²) in [7, 11) is 0. The van der Waals surface area contributed by atoms with Gasteiger partial charge in [0.1, 0.15) is 18.1 Å². The number of carbonyl (C=O) groups excluding carboxylic acids is 1. The van der Waals surface area contributed by atoms with Gasteiger partial charge in [0.15, 0.2) is 0 Å². The van der Waals surface area contributed by atoms with Crippen LogP contribution in [0.5, 0.6) is 0 Å². The highest BCUT2D eigenvalue weighted by atomic mass is 19.1. The lowest BCUT2D eigenvalue weighted by molar-refractivity contribution is -0.138. The zero-order valence-corrected chi connectivity index (χ0v) is 12.9. The normalized spacial score (nSPS) is 15.0. The summed E-state index contributed by atoms with van der Waals surface area (Å²) in [6, 6.07) is 6.47. The number of rotatable bonds is 7. The first kappa shape index (κ1) is 16.1. The van der Waals surface area contributed by atoms with Gasteiger partial charge in [0.05, 0.1) is 18.2 Å². The number of hydrogen-bond acceptors (Lipinski definition) is 4. The Morgan fingerprint density at radius 1 is 1.33 bits per heavy atom. The molecule has 0 spiro atoms. The minimum atomic E-state index is -1.02. The highest BCUT2D eigenvalue weighted by Gasteiger charge is 2.49. The molecule has 3 rings (SSSR count). The number of nitrogens with one attached hydrogen (secondary N) is 1. The molecule has 8 heteroatoms. The Bertz CT molecular complexity index is 770. The Kier molecular flexibility index (Phi) is 4.28. The zero-order chi connectivity index (χ0) is 17.2. The van der Waals surface area contributed by atoms with Crippen molar-refractivity contribution in [1.29, 1.82) is 0 Å². The average molecular weight is 332 g/mol. The van der Waals surface area contributed by atoms with Crippen molar-refractivity contribution < 1.29 is 19.1 Å². The monoisotopic (exact) mass is 332 g/mol. The molecule has 0 radical (unpaired) electrons. The first-order valence-electron chi connectivity index (χ1n) is 7.61. The van der Waals surface area contributed by atoms with Gasteiger partial charge < -0.3 is 10.4 Å². The fraction of sp³-hybridized carbons (Fsp3) is 0.375. The van der Waals surface area contributed by atoms with Crippen LogP contribution >= 0.6 is 0 Å². The maximum absolute atomic E-state index is 13.8. The number of carboxylic acids is 1. The minimum absolute atomic E-state index is 0.140. The molecule has 24 heavy (non-hydrogen) atoms. The van der Waals surface area contributed by atoms with Crippen molar-refractivity contribution in [2.75, 3.05) is 0 Å². The van der Waals surface area contributed by atoms with E-state index < -0.39 is 11.4 Å². The largest absolute Gasteiger partial charge is 0.480 e. The number of carboxylic acid groups (broad SMARTS) is 1. The van der Waals surface area contributed by atoms with Gasteiger partial charge in [0.25, 0.3) is 0 Å². The Morgan fingerprint density at radius 3 is 2.75 bits per heavy atom. The maximum Gasteiger partial charge on any atom is 0.325 e. The van der Waals surface area contributed by atoms with Crippen molar-refractivity contribution >= 4 is 11.9 Å². The lowest BCUT2D eigenvalue weighted by atomic mass is 9.95. The number of benzene rings is 1. The summed E-state index contributed by atoms with van der Waals surface area (Å²) in [4.78, 5) is 23.0. The van der Waals surface area contributed by atoms with Crippen LogP contribution in [-0.4, -0.2) is 32.0 Å². The summed E-state index contributed by atoms with van der Waals surface area (Å²) in [5.41, 5.74) is 0.461. The number of aromatic nitrogens is 3. The molecule has 1 aromatic heterocycles. The van der Waals surface area contributed by atoms with Crippen molar-refractivity contribution in [3.63, 3.8) is 0 Å². The summed E-state index contributed by atoms with van der Waals surface area (Å²) < 4.78 is 15.0. The second kappa shape index (κ2) is 6.38. The smallest absolute Gasteiger partial charge is 0.325 e. The molecule has 0 atom stereocenters. The minimum Gasteiger partial charge on any atom is -0.480 e. The molecular formula is C16H17FN4O3. The molecule has 1 aromatic carbocycles. The van der Waals surface area contributed by atoms with E-state index in [0.717, 1.165) is 12.8 Å². The van der Waals surface area contributed by atoms with E-state index in [9.17, 15) is 14.0 Å². The summed E-state index contributed by atoms with van der Waals surface area (Å²) in [5.74, 6) is -1.45. The van der Waals surface area contributed by atoms with Crippen LogP contribution in [0.25, 0.3) is 0 Å². The van der Waals surface area contributed by atoms with Crippen LogP contribution in [0, 0.1) is 11.2 Å². The molecular weight excluding hydrogens is 315 g/mol. The average Bonchev–Trinajstić information content (AvgIpc) is 3.19. The molecule has 1 aliphatic carbocycles. The van der Waals surface area contributed by atoms with E-state index in [1.807, 2.05) is 0 Å². The fourth-order valence-electron chi connectivity index (χ4n) is 2.64. The van der Waals surface area contributed by atoms with Crippen molar-refractivity contribution in [1.82, 2.24) is 20.3 Å². The summed E-state index contributed by atoms with van der Waals surface area (Å²) in [5, 5.41) is 19.0. The van der Waals surface area contributed by atoms with Gasteiger partial charge in [-0.15, -0.1) is 5.10 Å². The molecule has 7 nitrogen and oxygen atoms in total. The van der Waals surface area contributed by atoms with Crippen LogP contribution in [0.3, 0.4) is 0 Å². The van der Waals surface area contributed by atoms with Gasteiger partial charge in [-0.05, 0) is 30.9 Å². The van der Waals surface area contributed by atoms with Gasteiger partial charge in [-0.2, -0.15) is 0 Å². The van der Waals surface area contributed by atoms with Crippen LogP contribution in [0.2, 0.25) is 0 Å². The summed E-state index contributed by atoms with van der Waals surface area (Å²) >= 11 is 0.